The second-order valence-electron chi connectivity index (χ2n) is 5.22. The standard InChI is InChI=1S/C18H13BrClN3O/c1-11-3-2-4-13-9-14(17(20)22-16(11)13)10-21-23-18(24)12-5-7-15(19)8-6-12/h2-10H,1H3,(H,23,24)/b21-10+. The van der Waals surface area contributed by atoms with Crippen molar-refractivity contribution < 1.29 is 4.79 Å². The van der Waals surface area contributed by atoms with Gasteiger partial charge in [-0.25, -0.2) is 10.4 Å². The minimum Gasteiger partial charge on any atom is -0.267 e. The lowest BCUT2D eigenvalue weighted by Crippen LogP contribution is -2.17. The number of carbonyl (C=O) groups is 1. The molecular weight excluding hydrogens is 390 g/mol. The minimum absolute atomic E-state index is 0.292. The number of hydrazone groups is 1. The first-order valence-electron chi connectivity index (χ1n) is 7.19. The largest absolute Gasteiger partial charge is 0.271 e. The van der Waals surface area contributed by atoms with Crippen molar-refractivity contribution in [1.29, 1.82) is 0 Å². The summed E-state index contributed by atoms with van der Waals surface area (Å²) in [5.41, 5.74) is 5.57. The van der Waals surface area contributed by atoms with E-state index in [2.05, 4.69) is 31.4 Å². The Hall–Kier alpha value is -2.24. The maximum atomic E-state index is 12.0. The van der Waals surface area contributed by atoms with Crippen molar-refractivity contribution in [3.05, 3.63) is 74.8 Å². The number of hydrogen-bond acceptors (Lipinski definition) is 3. The maximum Gasteiger partial charge on any atom is 0.271 e. The van der Waals surface area contributed by atoms with Gasteiger partial charge in [0.25, 0.3) is 5.91 Å². The lowest BCUT2D eigenvalue weighted by atomic mass is 10.1. The van der Waals surface area contributed by atoms with Gasteiger partial charge in [-0.1, -0.05) is 45.7 Å². The molecular formula is C18H13BrClN3O. The van der Waals surface area contributed by atoms with Crippen LogP contribution in [0.1, 0.15) is 21.5 Å². The Bertz CT molecular complexity index is 939. The lowest BCUT2D eigenvalue weighted by Gasteiger charge is -2.04. The van der Waals surface area contributed by atoms with E-state index >= 15 is 0 Å². The molecule has 3 aromatic rings. The summed E-state index contributed by atoms with van der Waals surface area (Å²) in [6, 6.07) is 14.8. The highest BCUT2D eigenvalue weighted by Gasteiger charge is 2.06. The van der Waals surface area contributed by atoms with Crippen LogP contribution in [0.25, 0.3) is 10.9 Å². The van der Waals surface area contributed by atoms with Crippen LogP contribution in [-0.4, -0.2) is 17.1 Å². The Morgan fingerprint density at radius 2 is 2.00 bits per heavy atom. The summed E-state index contributed by atoms with van der Waals surface area (Å²) in [6.07, 6.45) is 1.49. The topological polar surface area (TPSA) is 54.4 Å². The molecule has 24 heavy (non-hydrogen) atoms. The fourth-order valence-electron chi connectivity index (χ4n) is 2.26. The number of aryl methyl sites for hydroxylation is 1. The van der Waals surface area contributed by atoms with E-state index in [-0.39, 0.29) is 5.91 Å². The Kier molecular flexibility index (Phi) is 4.92. The highest BCUT2D eigenvalue weighted by Crippen LogP contribution is 2.21. The monoisotopic (exact) mass is 401 g/mol. The summed E-state index contributed by atoms with van der Waals surface area (Å²) in [6.45, 7) is 1.98. The summed E-state index contributed by atoms with van der Waals surface area (Å²) < 4.78 is 0.909. The summed E-state index contributed by atoms with van der Waals surface area (Å²) in [5, 5.41) is 5.29. The maximum absolute atomic E-state index is 12.0. The molecule has 1 heterocycles. The van der Waals surface area contributed by atoms with E-state index < -0.39 is 0 Å². The number of aromatic nitrogens is 1. The van der Waals surface area contributed by atoms with Crippen LogP contribution in [0.2, 0.25) is 5.15 Å². The Morgan fingerprint density at radius 3 is 2.75 bits per heavy atom. The van der Waals surface area contributed by atoms with E-state index in [0.29, 0.717) is 16.3 Å². The first-order chi connectivity index (χ1) is 11.5. The van der Waals surface area contributed by atoms with Gasteiger partial charge in [-0.15, -0.1) is 0 Å². The number of carbonyl (C=O) groups excluding carboxylic acids is 1. The van der Waals surface area contributed by atoms with E-state index in [4.69, 9.17) is 11.6 Å². The average Bonchev–Trinajstić information content (AvgIpc) is 2.57. The van der Waals surface area contributed by atoms with Crippen LogP contribution >= 0.6 is 27.5 Å². The number of nitrogens with one attached hydrogen (secondary N) is 1. The summed E-state index contributed by atoms with van der Waals surface area (Å²) >= 11 is 9.53. The van der Waals surface area contributed by atoms with Crippen molar-refractivity contribution in [1.82, 2.24) is 10.4 Å². The van der Waals surface area contributed by atoms with Gasteiger partial charge >= 0.3 is 0 Å². The number of para-hydroxylation sites is 1. The Labute approximate surface area is 152 Å². The van der Waals surface area contributed by atoms with E-state index in [9.17, 15) is 4.79 Å². The van der Waals surface area contributed by atoms with Crippen molar-refractivity contribution in [3.8, 4) is 0 Å². The molecule has 0 aliphatic carbocycles. The second kappa shape index (κ2) is 7.11. The molecule has 0 unspecified atom stereocenters. The summed E-state index contributed by atoms with van der Waals surface area (Å²) in [4.78, 5) is 16.4. The van der Waals surface area contributed by atoms with Crippen LogP contribution in [0.3, 0.4) is 0 Å². The quantitative estimate of drug-likeness (QED) is 0.391. The molecule has 1 amide bonds. The van der Waals surface area contributed by atoms with Gasteiger partial charge in [0.1, 0.15) is 5.15 Å². The molecule has 120 valence electrons. The number of hydrogen-bond donors (Lipinski definition) is 1. The van der Waals surface area contributed by atoms with Crippen molar-refractivity contribution >= 4 is 50.6 Å². The fourth-order valence-corrected chi connectivity index (χ4v) is 2.71. The van der Waals surface area contributed by atoms with Gasteiger partial charge in [-0.2, -0.15) is 5.10 Å². The first-order valence-corrected chi connectivity index (χ1v) is 8.36. The zero-order valence-electron chi connectivity index (χ0n) is 12.8. The number of fused-ring (bicyclic) bond motifs is 1. The van der Waals surface area contributed by atoms with E-state index in [1.165, 1.54) is 6.21 Å². The zero-order valence-corrected chi connectivity index (χ0v) is 15.1. The van der Waals surface area contributed by atoms with Gasteiger partial charge in [0.05, 0.1) is 11.7 Å². The number of amides is 1. The van der Waals surface area contributed by atoms with Crippen LogP contribution < -0.4 is 5.43 Å². The predicted molar refractivity (Wildman–Crippen MR) is 101 cm³/mol. The Morgan fingerprint density at radius 1 is 1.25 bits per heavy atom. The number of benzene rings is 2. The molecule has 6 heteroatoms. The third-order valence-electron chi connectivity index (χ3n) is 3.50. The van der Waals surface area contributed by atoms with E-state index in [0.717, 1.165) is 20.9 Å². The van der Waals surface area contributed by atoms with Gasteiger partial charge in [0.15, 0.2) is 0 Å². The average molecular weight is 403 g/mol. The number of nitrogens with zero attached hydrogens (tertiary/aromatic N) is 2. The molecule has 0 atom stereocenters. The number of rotatable bonds is 3. The van der Waals surface area contributed by atoms with Crippen LogP contribution in [0.5, 0.6) is 0 Å². The van der Waals surface area contributed by atoms with Crippen molar-refractivity contribution in [2.24, 2.45) is 5.10 Å². The van der Waals surface area contributed by atoms with Gasteiger partial charge in [-0.05, 0) is 42.8 Å². The van der Waals surface area contributed by atoms with Crippen LogP contribution in [0.4, 0.5) is 0 Å². The third-order valence-corrected chi connectivity index (χ3v) is 4.34. The third kappa shape index (κ3) is 3.63. The lowest BCUT2D eigenvalue weighted by molar-refractivity contribution is 0.0955. The molecule has 1 N–H and O–H groups in total. The molecule has 3 rings (SSSR count). The molecule has 0 saturated carbocycles. The fraction of sp³-hybridized carbons (Fsp3) is 0.0556. The Balaban J connectivity index is 1.79. The van der Waals surface area contributed by atoms with Crippen molar-refractivity contribution in [2.45, 2.75) is 6.92 Å². The molecule has 4 nitrogen and oxygen atoms in total. The van der Waals surface area contributed by atoms with Gasteiger partial charge in [-0.3, -0.25) is 4.79 Å². The van der Waals surface area contributed by atoms with E-state index in [1.807, 2.05) is 31.2 Å². The van der Waals surface area contributed by atoms with E-state index in [1.54, 1.807) is 24.3 Å². The van der Waals surface area contributed by atoms with Crippen molar-refractivity contribution in [2.75, 3.05) is 0 Å². The van der Waals surface area contributed by atoms with Crippen LogP contribution in [-0.2, 0) is 0 Å². The van der Waals surface area contributed by atoms with Gasteiger partial charge < -0.3 is 0 Å². The second-order valence-corrected chi connectivity index (χ2v) is 6.49. The van der Waals surface area contributed by atoms with Gasteiger partial charge in [0.2, 0.25) is 0 Å². The molecule has 0 spiro atoms. The highest BCUT2D eigenvalue weighted by atomic mass is 79.9. The first kappa shape index (κ1) is 16.6. The SMILES string of the molecule is Cc1cccc2cc(/C=N/NC(=O)c3ccc(Br)cc3)c(Cl)nc12. The number of halogens is 2. The summed E-state index contributed by atoms with van der Waals surface area (Å²) in [7, 11) is 0. The predicted octanol–water partition coefficient (Wildman–Crippen LogP) is 4.72. The molecule has 0 aliphatic rings. The van der Waals surface area contributed by atoms with Crippen molar-refractivity contribution in [3.63, 3.8) is 0 Å². The minimum atomic E-state index is -0.292. The smallest absolute Gasteiger partial charge is 0.267 e. The molecule has 2 aromatic carbocycles. The molecule has 0 bridgehead atoms. The highest BCUT2D eigenvalue weighted by molar-refractivity contribution is 9.10. The molecule has 0 fully saturated rings. The zero-order chi connectivity index (χ0) is 17.1. The number of pyridine rings is 1. The normalized spacial score (nSPS) is 11.1. The molecule has 1 aromatic heterocycles. The summed E-state index contributed by atoms with van der Waals surface area (Å²) in [5.74, 6) is -0.292. The molecule has 0 aliphatic heterocycles. The van der Waals surface area contributed by atoms with Gasteiger partial charge in [0, 0.05) is 21.0 Å². The molecule has 0 radical (unpaired) electrons. The molecule has 0 saturated heterocycles. The van der Waals surface area contributed by atoms with Crippen LogP contribution in [0.15, 0.2) is 58.1 Å². The van der Waals surface area contributed by atoms with Crippen LogP contribution in [0, 0.1) is 6.92 Å².